The third kappa shape index (κ3) is 3.08. The lowest BCUT2D eigenvalue weighted by molar-refractivity contribution is -0.0881. The molecule has 4 aliphatic rings. The van der Waals surface area contributed by atoms with Crippen molar-refractivity contribution in [1.82, 2.24) is 4.90 Å². The number of benzene rings is 1. The number of nitrogens with zero attached hydrogens (tertiary/aromatic N) is 2. The van der Waals surface area contributed by atoms with Gasteiger partial charge in [-0.05, 0) is 69.6 Å². The fourth-order valence-electron chi connectivity index (χ4n) is 4.80. The number of anilines is 1. The number of amides is 1. The van der Waals surface area contributed by atoms with Crippen molar-refractivity contribution in [2.24, 2.45) is 5.92 Å². The third-order valence-electron chi connectivity index (χ3n) is 6.11. The van der Waals surface area contributed by atoms with E-state index in [-0.39, 0.29) is 17.8 Å². The van der Waals surface area contributed by atoms with E-state index in [9.17, 15) is 4.79 Å². The molecule has 28 heavy (non-hydrogen) atoms. The summed E-state index contributed by atoms with van der Waals surface area (Å²) in [4.78, 5) is 18.1. The topological polar surface area (TPSA) is 42.0 Å². The molecule has 5 heterocycles. The number of thiophene rings is 1. The maximum atomic E-state index is 12.7. The maximum absolute atomic E-state index is 12.7. The van der Waals surface area contributed by atoms with E-state index in [1.807, 2.05) is 36.9 Å². The lowest BCUT2D eigenvalue weighted by Gasteiger charge is -2.49. The van der Waals surface area contributed by atoms with Crippen LogP contribution in [-0.2, 0) is 4.74 Å². The average Bonchev–Trinajstić information content (AvgIpc) is 3.27. The van der Waals surface area contributed by atoms with E-state index in [0.29, 0.717) is 12.5 Å². The van der Waals surface area contributed by atoms with Crippen molar-refractivity contribution in [2.75, 3.05) is 31.1 Å². The summed E-state index contributed by atoms with van der Waals surface area (Å²) in [7, 11) is 0. The van der Waals surface area contributed by atoms with E-state index in [4.69, 9.17) is 9.47 Å². The molecule has 0 unspecified atom stereocenters. The summed E-state index contributed by atoms with van der Waals surface area (Å²) in [6.07, 6.45) is 2.23. The molecule has 148 valence electrons. The summed E-state index contributed by atoms with van der Waals surface area (Å²) in [5.74, 6) is 1.37. The lowest BCUT2D eigenvalue weighted by Crippen LogP contribution is -2.61. The van der Waals surface area contributed by atoms with Gasteiger partial charge in [-0.25, -0.2) is 4.79 Å². The van der Waals surface area contributed by atoms with Gasteiger partial charge < -0.3 is 9.47 Å². The first-order chi connectivity index (χ1) is 13.5. The molecule has 6 heteroatoms. The Kier molecular flexibility index (Phi) is 4.36. The molecule has 5 nitrogen and oxygen atoms in total. The summed E-state index contributed by atoms with van der Waals surface area (Å²) in [6.45, 7) is 7.89. The Hall–Kier alpha value is -2.05. The van der Waals surface area contributed by atoms with Crippen molar-refractivity contribution >= 4 is 22.4 Å². The fraction of sp³-hybridized carbons (Fsp3) is 0.500. The zero-order valence-electron chi connectivity index (χ0n) is 16.4. The lowest BCUT2D eigenvalue weighted by atomic mass is 9.75. The summed E-state index contributed by atoms with van der Waals surface area (Å²) >= 11 is 1.64. The van der Waals surface area contributed by atoms with Gasteiger partial charge in [0, 0.05) is 17.3 Å². The van der Waals surface area contributed by atoms with Gasteiger partial charge in [0.1, 0.15) is 16.4 Å². The van der Waals surface area contributed by atoms with E-state index in [2.05, 4.69) is 23.1 Å². The highest BCUT2D eigenvalue weighted by Gasteiger charge is 2.55. The molecule has 4 fully saturated rings. The van der Waals surface area contributed by atoms with Gasteiger partial charge in [0.05, 0.1) is 12.6 Å². The molecule has 0 radical (unpaired) electrons. The molecule has 4 aliphatic heterocycles. The van der Waals surface area contributed by atoms with Gasteiger partial charge in [-0.3, -0.25) is 9.80 Å². The Balaban J connectivity index is 1.37. The largest absolute Gasteiger partial charge is 0.491 e. The standard InChI is InChI=1S/C22H26N2O3S/c1-15(2)26-18-5-3-4-16(12-18)19-6-7-20(28-19)24-14-22(27-21(24)25)13-23-10-8-17(22)9-11-23/h3-7,12,15,17H,8-11,13-14H2,1-2H3/t22-/m1/s1. The second kappa shape index (κ2) is 6.78. The van der Waals surface area contributed by atoms with Crippen LogP contribution in [0.4, 0.5) is 9.80 Å². The second-order valence-corrected chi connectivity index (χ2v) is 9.46. The SMILES string of the molecule is CC(C)Oc1cccc(-c2ccc(N3C[C@@]4(CN5CCC4CC5)OC3=O)s2)c1. The normalized spacial score (nSPS) is 29.0. The Morgan fingerprint density at radius 2 is 2.00 bits per heavy atom. The zero-order valence-corrected chi connectivity index (χ0v) is 17.2. The molecule has 6 rings (SSSR count). The van der Waals surface area contributed by atoms with Crippen LogP contribution in [0.1, 0.15) is 26.7 Å². The minimum Gasteiger partial charge on any atom is -0.491 e. The number of hydrogen-bond donors (Lipinski definition) is 0. The summed E-state index contributed by atoms with van der Waals surface area (Å²) in [6, 6.07) is 12.3. The van der Waals surface area contributed by atoms with E-state index in [0.717, 1.165) is 53.7 Å². The van der Waals surface area contributed by atoms with Crippen molar-refractivity contribution in [3.63, 3.8) is 0 Å². The first kappa shape index (κ1) is 18.0. The minimum absolute atomic E-state index is 0.145. The molecule has 0 saturated carbocycles. The van der Waals surface area contributed by atoms with Crippen molar-refractivity contribution in [3.8, 4) is 16.2 Å². The van der Waals surface area contributed by atoms with Crippen molar-refractivity contribution in [3.05, 3.63) is 36.4 Å². The number of carbonyl (C=O) groups excluding carboxylic acids is 1. The fourth-order valence-corrected chi connectivity index (χ4v) is 5.80. The van der Waals surface area contributed by atoms with Gasteiger partial charge in [-0.15, -0.1) is 11.3 Å². The molecule has 1 spiro atoms. The molecule has 4 saturated heterocycles. The molecule has 1 amide bonds. The Labute approximate surface area is 169 Å². The summed E-state index contributed by atoms with van der Waals surface area (Å²) in [5.41, 5.74) is 0.794. The quantitative estimate of drug-likeness (QED) is 0.753. The monoisotopic (exact) mass is 398 g/mol. The van der Waals surface area contributed by atoms with Crippen molar-refractivity contribution < 1.29 is 14.3 Å². The molecule has 0 aliphatic carbocycles. The van der Waals surface area contributed by atoms with Crippen LogP contribution in [0.3, 0.4) is 0 Å². The zero-order chi connectivity index (χ0) is 19.3. The van der Waals surface area contributed by atoms with E-state index in [1.54, 1.807) is 11.3 Å². The van der Waals surface area contributed by atoms with Gasteiger partial charge >= 0.3 is 6.09 Å². The molecule has 2 bridgehead atoms. The Morgan fingerprint density at radius 1 is 1.18 bits per heavy atom. The number of carbonyl (C=O) groups is 1. The average molecular weight is 399 g/mol. The Bertz CT molecular complexity index is 887. The van der Waals surface area contributed by atoms with Gasteiger partial charge in [0.25, 0.3) is 0 Å². The smallest absolute Gasteiger partial charge is 0.415 e. The van der Waals surface area contributed by atoms with E-state index < -0.39 is 0 Å². The second-order valence-electron chi connectivity index (χ2n) is 8.40. The number of ether oxygens (including phenoxy) is 2. The predicted octanol–water partition coefficient (Wildman–Crippen LogP) is 4.62. The molecular weight excluding hydrogens is 372 g/mol. The molecule has 1 atom stereocenters. The van der Waals surface area contributed by atoms with Crippen LogP contribution in [0.2, 0.25) is 0 Å². The van der Waals surface area contributed by atoms with Crippen LogP contribution >= 0.6 is 11.3 Å². The van der Waals surface area contributed by atoms with Crippen LogP contribution < -0.4 is 9.64 Å². The number of fused-ring (bicyclic) bond motifs is 2. The number of hydrogen-bond acceptors (Lipinski definition) is 5. The minimum atomic E-state index is -0.317. The summed E-state index contributed by atoms with van der Waals surface area (Å²) < 4.78 is 11.8. The number of rotatable bonds is 4. The highest BCUT2D eigenvalue weighted by Crippen LogP contribution is 2.45. The van der Waals surface area contributed by atoms with E-state index in [1.165, 1.54) is 0 Å². The first-order valence-corrected chi connectivity index (χ1v) is 10.9. The third-order valence-corrected chi connectivity index (χ3v) is 7.27. The molecule has 1 aromatic heterocycles. The highest BCUT2D eigenvalue weighted by atomic mass is 32.1. The first-order valence-electron chi connectivity index (χ1n) is 10.1. The Morgan fingerprint density at radius 3 is 2.71 bits per heavy atom. The van der Waals surface area contributed by atoms with E-state index >= 15 is 0 Å². The van der Waals surface area contributed by atoms with Crippen molar-refractivity contribution in [1.29, 1.82) is 0 Å². The van der Waals surface area contributed by atoms with Gasteiger partial charge in [-0.1, -0.05) is 12.1 Å². The molecular formula is C22H26N2O3S. The van der Waals surface area contributed by atoms with Crippen LogP contribution in [0.5, 0.6) is 5.75 Å². The van der Waals surface area contributed by atoms with Crippen LogP contribution in [0.25, 0.3) is 10.4 Å². The maximum Gasteiger partial charge on any atom is 0.415 e. The highest BCUT2D eigenvalue weighted by molar-refractivity contribution is 7.19. The van der Waals surface area contributed by atoms with Gasteiger partial charge in [0.2, 0.25) is 0 Å². The summed E-state index contributed by atoms with van der Waals surface area (Å²) in [5, 5.41) is 0.962. The number of piperidine rings is 3. The van der Waals surface area contributed by atoms with Gasteiger partial charge in [-0.2, -0.15) is 0 Å². The van der Waals surface area contributed by atoms with Gasteiger partial charge in [0.15, 0.2) is 0 Å². The van der Waals surface area contributed by atoms with Crippen LogP contribution in [0, 0.1) is 5.92 Å². The molecule has 2 aromatic rings. The van der Waals surface area contributed by atoms with Crippen molar-refractivity contribution in [2.45, 2.75) is 38.4 Å². The van der Waals surface area contributed by atoms with Crippen LogP contribution in [0.15, 0.2) is 36.4 Å². The predicted molar refractivity (Wildman–Crippen MR) is 111 cm³/mol. The molecule has 0 N–H and O–H groups in total. The molecule has 1 aromatic carbocycles. The van der Waals surface area contributed by atoms with Crippen LogP contribution in [-0.4, -0.2) is 48.9 Å².